The van der Waals surface area contributed by atoms with E-state index >= 15 is 0 Å². The molecule has 4 rings (SSSR count). The zero-order valence-corrected chi connectivity index (χ0v) is 31.5. The summed E-state index contributed by atoms with van der Waals surface area (Å²) in [4.78, 5) is 75.5. The van der Waals surface area contributed by atoms with E-state index in [1.807, 2.05) is 4.81 Å². The van der Waals surface area contributed by atoms with E-state index in [1.54, 1.807) is 19.0 Å². The fourth-order valence-electron chi connectivity index (χ4n) is 6.35. The van der Waals surface area contributed by atoms with Gasteiger partial charge in [-0.1, -0.05) is 0 Å². The Kier molecular flexibility index (Phi) is 19.5. The largest absolute Gasteiger partial charge is 0.494 e. The molecule has 2 N–H and O–H groups in total. The van der Waals surface area contributed by atoms with Gasteiger partial charge in [0.15, 0.2) is 23.2 Å². The maximum absolute atomic E-state index is 12.5. The predicted molar refractivity (Wildman–Crippen MR) is 209 cm³/mol. The lowest BCUT2D eigenvalue weighted by Gasteiger charge is -2.36. The summed E-state index contributed by atoms with van der Waals surface area (Å²) in [5, 5.41) is 20.0. The third kappa shape index (κ3) is 16.1. The van der Waals surface area contributed by atoms with Gasteiger partial charge < -0.3 is 44.2 Å². The van der Waals surface area contributed by atoms with Crippen LogP contribution in [-0.2, 0) is 0 Å². The Morgan fingerprint density at radius 2 is 0.944 bits per heavy atom. The lowest BCUT2D eigenvalue weighted by atomic mass is 9.85. The number of fused-ring (bicyclic) bond motifs is 21. The Balaban J connectivity index is 1.90. The van der Waals surface area contributed by atoms with Crippen molar-refractivity contribution in [3.8, 4) is 5.75 Å². The van der Waals surface area contributed by atoms with E-state index in [0.717, 1.165) is 0 Å². The molecule has 286 valence electrons. The molecule has 0 aromatic heterocycles. The van der Waals surface area contributed by atoms with Crippen molar-refractivity contribution in [3.63, 3.8) is 0 Å². The van der Waals surface area contributed by atoms with Crippen molar-refractivity contribution in [3.05, 3.63) is 29.8 Å². The first-order valence-corrected chi connectivity index (χ1v) is 18.5. The molecule has 3 aliphatic rings. The second-order valence-electron chi connectivity index (χ2n) is 13.5. The van der Waals surface area contributed by atoms with Crippen LogP contribution in [0.4, 0.5) is 19.2 Å². The summed E-state index contributed by atoms with van der Waals surface area (Å²) in [7, 11) is 22.3. The summed E-state index contributed by atoms with van der Waals surface area (Å²) in [6, 6.07) is 6.25. The van der Waals surface area contributed by atoms with Crippen LogP contribution < -0.4 is 4.74 Å². The van der Waals surface area contributed by atoms with Gasteiger partial charge in [-0.25, -0.2) is 4.79 Å². The number of carboxylic acids is 1. The minimum absolute atomic E-state index is 0.161. The Morgan fingerprint density at radius 1 is 0.593 bits per heavy atom. The molecule has 3 aliphatic heterocycles. The number of rotatable bonds is 7. The highest BCUT2D eigenvalue weighted by atomic mass is 16.5. The number of carboxylic acid groups (broad SMARTS) is 1. The van der Waals surface area contributed by atoms with Gasteiger partial charge in [0, 0.05) is 124 Å². The molecule has 0 atom stereocenters. The molecular formula is C33H51B5N8O8. The number of amides is 4. The van der Waals surface area contributed by atoms with Gasteiger partial charge in [-0.2, -0.15) is 0 Å². The Bertz CT molecular complexity index is 1320. The molecule has 8 radical (unpaired) electrons. The van der Waals surface area contributed by atoms with Crippen LogP contribution in [0.5, 0.6) is 5.75 Å². The van der Waals surface area contributed by atoms with Gasteiger partial charge in [0.1, 0.15) is 5.75 Å². The van der Waals surface area contributed by atoms with Crippen LogP contribution in [0.25, 0.3) is 0 Å². The first-order valence-electron chi connectivity index (χ1n) is 18.5. The molecule has 16 nitrogen and oxygen atoms in total. The molecule has 3 fully saturated rings. The summed E-state index contributed by atoms with van der Waals surface area (Å²) in [5.41, 5.74) is 0.177. The van der Waals surface area contributed by atoms with Crippen molar-refractivity contribution in [1.82, 2.24) is 39.1 Å². The van der Waals surface area contributed by atoms with Gasteiger partial charge in [-0.05, 0) is 37.5 Å². The van der Waals surface area contributed by atoms with Crippen LogP contribution in [0, 0.1) is 0 Å². The topological polar surface area (TPSA) is 161 Å². The second-order valence-corrected chi connectivity index (χ2v) is 13.5. The lowest BCUT2D eigenvalue weighted by molar-refractivity contribution is 0.0696. The van der Waals surface area contributed by atoms with Crippen molar-refractivity contribution in [2.45, 2.75) is 13.2 Å². The van der Waals surface area contributed by atoms with Gasteiger partial charge in [0.05, 0.1) is 12.2 Å². The van der Waals surface area contributed by atoms with Crippen LogP contribution in [-0.4, -0.2) is 248 Å². The molecule has 0 unspecified atom stereocenters. The van der Waals surface area contributed by atoms with E-state index in [4.69, 9.17) is 36.1 Å². The van der Waals surface area contributed by atoms with Gasteiger partial charge in [0.25, 0.3) is 0 Å². The van der Waals surface area contributed by atoms with E-state index in [0.29, 0.717) is 90.8 Å². The monoisotopic (exact) mass is 742 g/mol. The molecular weight excluding hydrogens is 690 g/mol. The van der Waals surface area contributed by atoms with Crippen molar-refractivity contribution in [2.24, 2.45) is 0 Å². The van der Waals surface area contributed by atoms with E-state index < -0.39 is 36.2 Å². The molecule has 0 aliphatic carbocycles. The number of hydrogen-bond acceptors (Lipinski definition) is 11. The van der Waals surface area contributed by atoms with Crippen molar-refractivity contribution in [1.29, 1.82) is 0 Å². The number of carbonyl (C=O) groups excluding carboxylic acids is 4. The average Bonchev–Trinajstić information content (AvgIpc) is 3.11. The summed E-state index contributed by atoms with van der Waals surface area (Å²) in [6.07, 6.45) is 0.667. The molecule has 1 aromatic carbocycles. The number of hydrogen-bond donors (Lipinski definition) is 2. The summed E-state index contributed by atoms with van der Waals surface area (Å²) in [6.45, 7) is 9.23. The highest BCUT2D eigenvalue weighted by molar-refractivity contribution is 6.58. The normalized spacial score (nSPS) is 21.2. The Hall–Kier alpha value is -3.51. The maximum Gasteiger partial charge on any atom is 0.376 e. The van der Waals surface area contributed by atoms with Gasteiger partial charge in [-0.15, -0.1) is 0 Å². The average molecular weight is 742 g/mol. The maximum atomic E-state index is 12.5. The number of nitrogens with zero attached hydrogens (tertiary/aromatic N) is 8. The molecule has 3 heterocycles. The number of carbonyl (C=O) groups is 5. The first kappa shape index (κ1) is 44.9. The molecule has 2 bridgehead atoms. The highest BCUT2D eigenvalue weighted by Crippen LogP contribution is 2.13. The van der Waals surface area contributed by atoms with Gasteiger partial charge in [0.2, 0.25) is 31.4 Å². The fraction of sp³-hybridized carbons (Fsp3) is 0.667. The summed E-state index contributed by atoms with van der Waals surface area (Å²) < 4.78 is 5.90. The summed E-state index contributed by atoms with van der Waals surface area (Å²) in [5.74, 6) is -2.98. The van der Waals surface area contributed by atoms with Crippen LogP contribution in [0.1, 0.15) is 16.8 Å². The van der Waals surface area contributed by atoms with Gasteiger partial charge >= 0.3 is 13.0 Å². The standard InChI is InChI=1S/C33H51B5N8O8/c1-38(53)46-24-14-39(7-2-26-54-28-5-3-27(4-6-28)29(47)48)8-9-40-10-16-42(30(34)49)20-22-44(32(36)51)18-12-41(15-25-46)13-19-45(33(37)52)23-21-43(17-11-40)31(35)50/h3-6,53H,2,7-26H2,1H3,(H,47,48). The molecule has 0 saturated carbocycles. The minimum Gasteiger partial charge on any atom is -0.494 e. The number of ether oxygens (including phenoxy) is 1. The molecule has 3 saturated heterocycles. The fourth-order valence-corrected chi connectivity index (χ4v) is 6.35. The molecule has 21 heteroatoms. The van der Waals surface area contributed by atoms with E-state index in [9.17, 15) is 34.1 Å². The van der Waals surface area contributed by atoms with Gasteiger partial charge in [-0.3, -0.25) is 29.0 Å². The summed E-state index contributed by atoms with van der Waals surface area (Å²) >= 11 is 0. The zero-order chi connectivity index (χ0) is 39.6. The minimum atomic E-state index is -1.01. The van der Waals surface area contributed by atoms with Crippen LogP contribution in [0.3, 0.4) is 0 Å². The van der Waals surface area contributed by atoms with Crippen LogP contribution >= 0.6 is 0 Å². The quantitative estimate of drug-likeness (QED) is 0.256. The molecule has 0 spiro atoms. The second kappa shape index (κ2) is 23.4. The van der Waals surface area contributed by atoms with Crippen molar-refractivity contribution in [2.75, 3.05) is 131 Å². The first-order chi connectivity index (χ1) is 25.7. The van der Waals surface area contributed by atoms with E-state index in [1.165, 1.54) is 31.7 Å². The lowest BCUT2D eigenvalue weighted by Crippen LogP contribution is -2.52. The van der Waals surface area contributed by atoms with Crippen molar-refractivity contribution < 1.29 is 38.8 Å². The van der Waals surface area contributed by atoms with Crippen LogP contribution in [0.2, 0.25) is 6.82 Å². The smallest absolute Gasteiger partial charge is 0.376 e. The third-order valence-corrected chi connectivity index (χ3v) is 9.93. The molecule has 4 amide bonds. The number of benzene rings is 1. The number of aromatic carboxylic acids is 1. The third-order valence-electron chi connectivity index (χ3n) is 9.93. The van der Waals surface area contributed by atoms with Crippen LogP contribution in [0.15, 0.2) is 24.3 Å². The Labute approximate surface area is 324 Å². The zero-order valence-electron chi connectivity index (χ0n) is 31.5. The molecule has 54 heavy (non-hydrogen) atoms. The highest BCUT2D eigenvalue weighted by Gasteiger charge is 2.23. The predicted octanol–water partition coefficient (Wildman–Crippen LogP) is -1.14. The Morgan fingerprint density at radius 3 is 1.33 bits per heavy atom. The van der Waals surface area contributed by atoms with Crippen molar-refractivity contribution >= 4 is 67.6 Å². The van der Waals surface area contributed by atoms with E-state index in [2.05, 4.69) is 14.7 Å². The van der Waals surface area contributed by atoms with E-state index in [-0.39, 0.29) is 57.9 Å². The molecule has 1 aromatic rings. The SMILES string of the molecule is [B]C(=O)N1CCN2CCN(CCCOc3ccc(C(=O)O)cc3)CCN(B(C)O)CCN(CCN(C([B])=O)CC1)CCN(C([B])=O)CCN(C([B])=O)CC2.